The third kappa shape index (κ3) is 4.37. The molecule has 1 aromatic carbocycles. The van der Waals surface area contributed by atoms with Crippen LogP contribution in [0.5, 0.6) is 0 Å². The molecule has 0 amide bonds. The molecule has 1 aliphatic carbocycles. The molecule has 1 saturated carbocycles. The van der Waals surface area contributed by atoms with Crippen molar-refractivity contribution in [3.63, 3.8) is 0 Å². The fourth-order valence-electron chi connectivity index (χ4n) is 3.45. The molecular weight excluding hydrogens is 379 g/mol. The molecule has 0 bridgehead atoms. The second-order valence-electron chi connectivity index (χ2n) is 6.89. The maximum absolute atomic E-state index is 13.7. The Hall–Kier alpha value is -3.00. The van der Waals surface area contributed by atoms with Crippen molar-refractivity contribution in [3.8, 4) is 11.4 Å². The van der Waals surface area contributed by atoms with Crippen LogP contribution in [-0.4, -0.2) is 40.6 Å². The number of methoxy groups -OCH3 is 1. The SMILES string of the molecule is COCCCn1c(-c2cccc(F)c2)ncc(C(=O)C2C(=O)CCCC2=O)c1=O. The van der Waals surface area contributed by atoms with Crippen LogP contribution in [0.1, 0.15) is 36.0 Å². The second-order valence-corrected chi connectivity index (χ2v) is 6.89. The molecule has 0 N–H and O–H groups in total. The van der Waals surface area contributed by atoms with Crippen LogP contribution < -0.4 is 5.56 Å². The van der Waals surface area contributed by atoms with E-state index in [1.54, 1.807) is 6.07 Å². The molecule has 0 saturated heterocycles. The highest BCUT2D eigenvalue weighted by Gasteiger charge is 2.38. The van der Waals surface area contributed by atoms with E-state index in [4.69, 9.17) is 4.74 Å². The molecular formula is C21H21FN2O5. The summed E-state index contributed by atoms with van der Waals surface area (Å²) in [5.74, 6) is -3.48. The fourth-order valence-corrected chi connectivity index (χ4v) is 3.45. The first kappa shape index (κ1) is 20.7. The Balaban J connectivity index is 2.06. The summed E-state index contributed by atoms with van der Waals surface area (Å²) in [7, 11) is 1.52. The smallest absolute Gasteiger partial charge is 0.264 e. The monoisotopic (exact) mass is 400 g/mol. The summed E-state index contributed by atoms with van der Waals surface area (Å²) in [4.78, 5) is 54.4. The van der Waals surface area contributed by atoms with E-state index in [9.17, 15) is 23.6 Å². The summed E-state index contributed by atoms with van der Waals surface area (Å²) >= 11 is 0. The molecule has 29 heavy (non-hydrogen) atoms. The molecule has 0 atom stereocenters. The Morgan fingerprint density at radius 2 is 1.97 bits per heavy atom. The van der Waals surface area contributed by atoms with Gasteiger partial charge < -0.3 is 4.74 Å². The van der Waals surface area contributed by atoms with Crippen molar-refractivity contribution in [1.29, 1.82) is 0 Å². The minimum atomic E-state index is -1.44. The first-order valence-electron chi connectivity index (χ1n) is 9.38. The Morgan fingerprint density at radius 3 is 2.62 bits per heavy atom. The van der Waals surface area contributed by atoms with Gasteiger partial charge in [0.1, 0.15) is 23.1 Å². The van der Waals surface area contributed by atoms with Crippen LogP contribution in [0.4, 0.5) is 4.39 Å². The molecule has 1 fully saturated rings. The summed E-state index contributed by atoms with van der Waals surface area (Å²) in [5, 5.41) is 0. The van der Waals surface area contributed by atoms with Gasteiger partial charge in [-0.15, -0.1) is 0 Å². The number of carbonyl (C=O) groups is 3. The Labute approximate surface area is 166 Å². The molecule has 3 rings (SSSR count). The first-order chi connectivity index (χ1) is 13.9. The predicted octanol–water partition coefficient (Wildman–Crippen LogP) is 2.21. The van der Waals surface area contributed by atoms with Crippen LogP contribution in [0.15, 0.2) is 35.3 Å². The zero-order valence-corrected chi connectivity index (χ0v) is 16.0. The first-order valence-corrected chi connectivity index (χ1v) is 9.38. The zero-order chi connectivity index (χ0) is 21.0. The minimum absolute atomic E-state index is 0.138. The van der Waals surface area contributed by atoms with Crippen molar-refractivity contribution in [2.24, 2.45) is 5.92 Å². The molecule has 1 aromatic heterocycles. The highest BCUT2D eigenvalue weighted by molar-refractivity contribution is 6.24. The second kappa shape index (κ2) is 9.00. The third-order valence-corrected chi connectivity index (χ3v) is 4.88. The van der Waals surface area contributed by atoms with Gasteiger partial charge in [0.05, 0.1) is 0 Å². The Kier molecular flexibility index (Phi) is 6.43. The lowest BCUT2D eigenvalue weighted by Gasteiger charge is -2.19. The molecule has 0 aliphatic heterocycles. The van der Waals surface area contributed by atoms with Gasteiger partial charge in [0.25, 0.3) is 5.56 Å². The topological polar surface area (TPSA) is 95.3 Å². The van der Waals surface area contributed by atoms with Gasteiger partial charge >= 0.3 is 0 Å². The van der Waals surface area contributed by atoms with Crippen LogP contribution in [-0.2, 0) is 20.9 Å². The average Bonchev–Trinajstić information content (AvgIpc) is 2.69. The highest BCUT2D eigenvalue weighted by atomic mass is 19.1. The lowest BCUT2D eigenvalue weighted by molar-refractivity contribution is -0.133. The van der Waals surface area contributed by atoms with E-state index in [1.807, 2.05) is 0 Å². The number of halogens is 1. The Bertz CT molecular complexity index is 998. The number of Topliss-reactive ketones (excluding diaryl/α,β-unsaturated/α-hetero) is 3. The average molecular weight is 400 g/mol. The zero-order valence-electron chi connectivity index (χ0n) is 16.0. The molecule has 8 heteroatoms. The van der Waals surface area contributed by atoms with Crippen LogP contribution in [0.25, 0.3) is 11.4 Å². The predicted molar refractivity (Wildman–Crippen MR) is 102 cm³/mol. The third-order valence-electron chi connectivity index (χ3n) is 4.88. The molecule has 0 spiro atoms. The van der Waals surface area contributed by atoms with Gasteiger partial charge in [-0.1, -0.05) is 12.1 Å². The molecule has 1 aliphatic rings. The van der Waals surface area contributed by atoms with E-state index >= 15 is 0 Å². The van der Waals surface area contributed by atoms with E-state index in [1.165, 1.54) is 29.9 Å². The molecule has 1 heterocycles. The van der Waals surface area contributed by atoms with Crippen molar-refractivity contribution < 1.29 is 23.5 Å². The van der Waals surface area contributed by atoms with Crippen LogP contribution >= 0.6 is 0 Å². The van der Waals surface area contributed by atoms with E-state index < -0.39 is 34.6 Å². The molecule has 2 aromatic rings. The summed E-state index contributed by atoms with van der Waals surface area (Å²) in [5.41, 5.74) is -0.592. The molecule has 152 valence electrons. The van der Waals surface area contributed by atoms with Crippen molar-refractivity contribution in [2.45, 2.75) is 32.2 Å². The van der Waals surface area contributed by atoms with Crippen LogP contribution in [0.3, 0.4) is 0 Å². The minimum Gasteiger partial charge on any atom is -0.385 e. The van der Waals surface area contributed by atoms with Gasteiger partial charge in [-0.2, -0.15) is 0 Å². The largest absolute Gasteiger partial charge is 0.385 e. The van der Waals surface area contributed by atoms with Gasteiger partial charge in [0.15, 0.2) is 17.3 Å². The van der Waals surface area contributed by atoms with E-state index in [0.29, 0.717) is 25.0 Å². The number of hydrogen-bond acceptors (Lipinski definition) is 6. The number of rotatable bonds is 7. The number of ketones is 3. The quantitative estimate of drug-likeness (QED) is 0.402. The maximum atomic E-state index is 13.7. The Morgan fingerprint density at radius 1 is 1.24 bits per heavy atom. The van der Waals surface area contributed by atoms with Crippen molar-refractivity contribution in [1.82, 2.24) is 9.55 Å². The number of aromatic nitrogens is 2. The van der Waals surface area contributed by atoms with Crippen LogP contribution in [0, 0.1) is 11.7 Å². The summed E-state index contributed by atoms with van der Waals surface area (Å²) < 4.78 is 19.9. The normalized spacial score (nSPS) is 15.0. The summed E-state index contributed by atoms with van der Waals surface area (Å²) in [6.45, 7) is 0.548. The van der Waals surface area contributed by atoms with E-state index in [2.05, 4.69) is 4.98 Å². The molecule has 0 radical (unpaired) electrons. The van der Waals surface area contributed by atoms with Crippen LogP contribution in [0.2, 0.25) is 0 Å². The fraction of sp³-hybridized carbons (Fsp3) is 0.381. The summed E-state index contributed by atoms with van der Waals surface area (Å²) in [6.07, 6.45) is 2.23. The molecule has 7 nitrogen and oxygen atoms in total. The molecule has 0 unspecified atom stereocenters. The van der Waals surface area contributed by atoms with Gasteiger partial charge in [0.2, 0.25) is 0 Å². The van der Waals surface area contributed by atoms with Crippen molar-refractivity contribution >= 4 is 17.3 Å². The number of nitrogens with zero attached hydrogens (tertiary/aromatic N) is 2. The number of hydrogen-bond donors (Lipinski definition) is 0. The van der Waals surface area contributed by atoms with Gasteiger partial charge in [-0.05, 0) is 25.0 Å². The number of benzene rings is 1. The lowest BCUT2D eigenvalue weighted by Crippen LogP contribution is -2.39. The van der Waals surface area contributed by atoms with Gasteiger partial charge in [0, 0.05) is 44.9 Å². The highest BCUT2D eigenvalue weighted by Crippen LogP contribution is 2.22. The number of carbonyl (C=O) groups excluding carboxylic acids is 3. The van der Waals surface area contributed by atoms with E-state index in [-0.39, 0.29) is 30.8 Å². The van der Waals surface area contributed by atoms with Gasteiger partial charge in [-0.3, -0.25) is 23.7 Å². The standard InChI is InChI=1S/C21H21FN2O5/c1-29-10-4-9-24-20(13-5-2-6-14(22)11-13)23-12-15(21(24)28)19(27)18-16(25)7-3-8-17(18)26/h2,5-6,11-12,18H,3-4,7-10H2,1H3. The van der Waals surface area contributed by atoms with Crippen molar-refractivity contribution in [3.05, 3.63) is 52.2 Å². The van der Waals surface area contributed by atoms with Gasteiger partial charge in [-0.25, -0.2) is 9.37 Å². The maximum Gasteiger partial charge on any atom is 0.264 e. The van der Waals surface area contributed by atoms with E-state index in [0.717, 1.165) is 6.20 Å². The van der Waals surface area contributed by atoms with Crippen molar-refractivity contribution in [2.75, 3.05) is 13.7 Å². The lowest BCUT2D eigenvalue weighted by atomic mass is 9.82. The summed E-state index contributed by atoms with van der Waals surface area (Å²) in [6, 6.07) is 5.61. The number of ether oxygens (including phenoxy) is 1.